The summed E-state index contributed by atoms with van der Waals surface area (Å²) in [5, 5.41) is 0. The minimum atomic E-state index is 0.330. The van der Waals surface area contributed by atoms with Crippen molar-refractivity contribution in [3.8, 4) is 0 Å². The van der Waals surface area contributed by atoms with Crippen molar-refractivity contribution in [2.45, 2.75) is 57.8 Å². The van der Waals surface area contributed by atoms with E-state index in [1.54, 1.807) is 11.1 Å². The van der Waals surface area contributed by atoms with Gasteiger partial charge in [-0.05, 0) is 51.4 Å². The SMILES string of the molecule is C=CCCC(=O)C1CCC2=C(CCCC2)C1. The summed E-state index contributed by atoms with van der Waals surface area (Å²) in [5.41, 5.74) is 3.33. The fourth-order valence-corrected chi connectivity index (χ4v) is 3.05. The Labute approximate surface area is 98.6 Å². The third-order valence-corrected chi connectivity index (χ3v) is 4.04. The van der Waals surface area contributed by atoms with Crippen LogP contribution in [0.4, 0.5) is 0 Å². The van der Waals surface area contributed by atoms with Gasteiger partial charge in [0.05, 0.1) is 0 Å². The van der Waals surface area contributed by atoms with Crippen LogP contribution in [0.15, 0.2) is 23.8 Å². The van der Waals surface area contributed by atoms with Crippen molar-refractivity contribution >= 4 is 5.78 Å². The zero-order chi connectivity index (χ0) is 11.4. The molecule has 1 nitrogen and oxygen atoms in total. The predicted molar refractivity (Wildman–Crippen MR) is 67.3 cm³/mol. The molecule has 2 aliphatic carbocycles. The van der Waals surface area contributed by atoms with Gasteiger partial charge in [0.15, 0.2) is 0 Å². The number of carbonyl (C=O) groups excluding carboxylic acids is 1. The quantitative estimate of drug-likeness (QED) is 0.646. The monoisotopic (exact) mass is 218 g/mol. The first-order chi connectivity index (χ1) is 7.81. The van der Waals surface area contributed by atoms with E-state index in [2.05, 4.69) is 6.58 Å². The van der Waals surface area contributed by atoms with E-state index >= 15 is 0 Å². The molecule has 0 heterocycles. The molecular formula is C15H22O. The molecule has 0 amide bonds. The summed E-state index contributed by atoms with van der Waals surface area (Å²) in [4.78, 5) is 12.0. The molecule has 0 aliphatic heterocycles. The van der Waals surface area contributed by atoms with Gasteiger partial charge in [-0.25, -0.2) is 0 Å². The second-order valence-corrected chi connectivity index (χ2v) is 5.15. The molecule has 0 radical (unpaired) electrons. The fraction of sp³-hybridized carbons (Fsp3) is 0.667. The summed E-state index contributed by atoms with van der Waals surface area (Å²) in [6, 6.07) is 0. The first kappa shape index (κ1) is 11.6. The van der Waals surface area contributed by atoms with Gasteiger partial charge >= 0.3 is 0 Å². The van der Waals surface area contributed by atoms with Crippen molar-refractivity contribution in [3.63, 3.8) is 0 Å². The molecule has 16 heavy (non-hydrogen) atoms. The first-order valence-corrected chi connectivity index (χ1v) is 6.64. The number of carbonyl (C=O) groups is 1. The molecule has 2 aliphatic rings. The average molecular weight is 218 g/mol. The Balaban J connectivity index is 1.93. The average Bonchev–Trinajstić information content (AvgIpc) is 2.35. The highest BCUT2D eigenvalue weighted by Crippen LogP contribution is 2.38. The minimum Gasteiger partial charge on any atom is -0.299 e. The van der Waals surface area contributed by atoms with E-state index < -0.39 is 0 Å². The van der Waals surface area contributed by atoms with Crippen LogP contribution in [0.25, 0.3) is 0 Å². The number of hydrogen-bond donors (Lipinski definition) is 0. The van der Waals surface area contributed by atoms with Crippen LogP contribution in [0, 0.1) is 5.92 Å². The summed E-state index contributed by atoms with van der Waals surface area (Å²) in [5.74, 6) is 0.800. The van der Waals surface area contributed by atoms with E-state index in [1.807, 2.05) is 6.08 Å². The van der Waals surface area contributed by atoms with Gasteiger partial charge < -0.3 is 0 Å². The number of allylic oxidation sites excluding steroid dienone is 3. The summed E-state index contributed by atoms with van der Waals surface area (Å²) in [6.45, 7) is 3.68. The van der Waals surface area contributed by atoms with Crippen molar-refractivity contribution in [1.82, 2.24) is 0 Å². The van der Waals surface area contributed by atoms with Gasteiger partial charge in [-0.1, -0.05) is 17.2 Å². The zero-order valence-corrected chi connectivity index (χ0v) is 10.1. The van der Waals surface area contributed by atoms with E-state index in [0.717, 1.165) is 19.3 Å². The van der Waals surface area contributed by atoms with Crippen molar-refractivity contribution in [1.29, 1.82) is 0 Å². The van der Waals surface area contributed by atoms with Gasteiger partial charge in [0.2, 0.25) is 0 Å². The molecular weight excluding hydrogens is 196 g/mol. The molecule has 2 rings (SSSR count). The Bertz CT molecular complexity index is 311. The highest BCUT2D eigenvalue weighted by atomic mass is 16.1. The molecule has 0 aromatic heterocycles. The molecule has 0 spiro atoms. The standard InChI is InChI=1S/C15H22O/c1-2-3-8-15(16)14-10-9-12-6-4-5-7-13(12)11-14/h2,14H,1,3-11H2. The van der Waals surface area contributed by atoms with Crippen LogP contribution in [0.1, 0.15) is 57.8 Å². The third-order valence-electron chi connectivity index (χ3n) is 4.04. The second-order valence-electron chi connectivity index (χ2n) is 5.15. The summed E-state index contributed by atoms with van der Waals surface area (Å²) < 4.78 is 0. The normalized spacial score (nSPS) is 25.1. The first-order valence-electron chi connectivity index (χ1n) is 6.64. The van der Waals surface area contributed by atoms with Crippen LogP contribution in [-0.2, 0) is 4.79 Å². The highest BCUT2D eigenvalue weighted by molar-refractivity contribution is 5.81. The fourth-order valence-electron chi connectivity index (χ4n) is 3.05. The van der Waals surface area contributed by atoms with Gasteiger partial charge in [0, 0.05) is 12.3 Å². The smallest absolute Gasteiger partial charge is 0.136 e. The Morgan fingerprint density at radius 3 is 2.75 bits per heavy atom. The molecule has 0 aromatic carbocycles. The Morgan fingerprint density at radius 1 is 1.25 bits per heavy atom. The highest BCUT2D eigenvalue weighted by Gasteiger charge is 2.26. The van der Waals surface area contributed by atoms with E-state index in [4.69, 9.17) is 0 Å². The summed E-state index contributed by atoms with van der Waals surface area (Å²) in [7, 11) is 0. The Morgan fingerprint density at radius 2 is 2.00 bits per heavy atom. The van der Waals surface area contributed by atoms with Gasteiger partial charge in [-0.15, -0.1) is 6.58 Å². The molecule has 1 atom stereocenters. The molecule has 0 bridgehead atoms. The largest absolute Gasteiger partial charge is 0.299 e. The van der Waals surface area contributed by atoms with Crippen LogP contribution in [0.2, 0.25) is 0 Å². The lowest BCUT2D eigenvalue weighted by molar-refractivity contribution is -0.123. The van der Waals surface area contributed by atoms with Gasteiger partial charge in [0.1, 0.15) is 5.78 Å². The molecule has 0 aromatic rings. The molecule has 0 saturated carbocycles. The van der Waals surface area contributed by atoms with Crippen LogP contribution in [0.3, 0.4) is 0 Å². The summed E-state index contributed by atoms with van der Waals surface area (Å²) in [6.07, 6.45) is 12.1. The lowest BCUT2D eigenvalue weighted by Gasteiger charge is -2.29. The van der Waals surface area contributed by atoms with E-state index in [9.17, 15) is 4.79 Å². The van der Waals surface area contributed by atoms with E-state index in [0.29, 0.717) is 18.1 Å². The number of rotatable bonds is 4. The molecule has 88 valence electrons. The van der Waals surface area contributed by atoms with Crippen LogP contribution in [-0.4, -0.2) is 5.78 Å². The molecule has 1 heteroatoms. The van der Waals surface area contributed by atoms with Gasteiger partial charge in [-0.3, -0.25) is 4.79 Å². The van der Waals surface area contributed by atoms with Crippen molar-refractivity contribution in [3.05, 3.63) is 23.8 Å². The Hall–Kier alpha value is -0.850. The molecule has 0 fully saturated rings. The van der Waals surface area contributed by atoms with Crippen molar-refractivity contribution in [2.75, 3.05) is 0 Å². The molecule has 0 N–H and O–H groups in total. The third kappa shape index (κ3) is 2.63. The van der Waals surface area contributed by atoms with Crippen molar-refractivity contribution < 1.29 is 4.79 Å². The van der Waals surface area contributed by atoms with Gasteiger partial charge in [0.25, 0.3) is 0 Å². The maximum atomic E-state index is 12.0. The van der Waals surface area contributed by atoms with Crippen molar-refractivity contribution in [2.24, 2.45) is 5.92 Å². The van der Waals surface area contributed by atoms with Gasteiger partial charge in [-0.2, -0.15) is 0 Å². The summed E-state index contributed by atoms with van der Waals surface area (Å²) >= 11 is 0. The lowest BCUT2D eigenvalue weighted by atomic mass is 9.75. The van der Waals surface area contributed by atoms with Crippen LogP contribution in [0.5, 0.6) is 0 Å². The predicted octanol–water partition coefficient (Wildman–Crippen LogP) is 4.19. The molecule has 0 saturated heterocycles. The molecule has 1 unspecified atom stereocenters. The van der Waals surface area contributed by atoms with Crippen LogP contribution < -0.4 is 0 Å². The van der Waals surface area contributed by atoms with Crippen LogP contribution >= 0.6 is 0 Å². The number of hydrogen-bond acceptors (Lipinski definition) is 1. The number of Topliss-reactive ketones (excluding diaryl/α,β-unsaturated/α-hetero) is 1. The minimum absolute atomic E-state index is 0.330. The topological polar surface area (TPSA) is 17.1 Å². The van der Waals surface area contributed by atoms with E-state index in [-0.39, 0.29) is 0 Å². The maximum Gasteiger partial charge on any atom is 0.136 e. The second kappa shape index (κ2) is 5.47. The van der Waals surface area contributed by atoms with E-state index in [1.165, 1.54) is 32.1 Å². The number of ketones is 1. The Kier molecular flexibility index (Phi) is 3.98. The zero-order valence-electron chi connectivity index (χ0n) is 10.1. The lowest BCUT2D eigenvalue weighted by Crippen LogP contribution is -2.20. The maximum absolute atomic E-state index is 12.0.